The predicted octanol–water partition coefficient (Wildman–Crippen LogP) is 1.65. The van der Waals surface area contributed by atoms with Crippen LogP contribution in [0.4, 0.5) is 0 Å². The lowest BCUT2D eigenvalue weighted by molar-refractivity contribution is -0.137. The normalized spacial score (nSPS) is 8.27. The van der Waals surface area contributed by atoms with Crippen LogP contribution in [0, 0.1) is 0 Å². The van der Waals surface area contributed by atoms with Gasteiger partial charge in [-0.15, -0.1) is 0 Å². The fourth-order valence-corrected chi connectivity index (χ4v) is 0.328. The van der Waals surface area contributed by atoms with Gasteiger partial charge >= 0.3 is 5.97 Å². The van der Waals surface area contributed by atoms with Gasteiger partial charge in [-0.25, -0.2) is 0 Å². The number of carboxylic acid groups (broad SMARTS) is 1. The molecule has 0 saturated heterocycles. The molecule has 0 saturated carbocycles. The van der Waals surface area contributed by atoms with Gasteiger partial charge in [0.2, 0.25) is 0 Å². The Balaban J connectivity index is 0. The fraction of sp³-hybridized carbons (Fsp3) is 0.875. The first kappa shape index (κ1) is 13.1. The van der Waals surface area contributed by atoms with Crippen molar-refractivity contribution in [3.63, 3.8) is 0 Å². The van der Waals surface area contributed by atoms with Crippen LogP contribution in [0.25, 0.3) is 0 Å². The van der Waals surface area contributed by atoms with E-state index >= 15 is 0 Å². The largest absolute Gasteiger partial charge is 0.481 e. The third kappa shape index (κ3) is 26.5. The van der Waals surface area contributed by atoms with Crippen LogP contribution in [-0.4, -0.2) is 22.8 Å². The third-order valence-electron chi connectivity index (χ3n) is 0.968. The number of hydrogen-bond acceptors (Lipinski definition) is 2. The molecule has 0 aromatic rings. The van der Waals surface area contributed by atoms with Gasteiger partial charge in [-0.3, -0.25) is 4.79 Å². The molecule has 0 aliphatic rings. The van der Waals surface area contributed by atoms with E-state index in [1.807, 2.05) is 13.8 Å². The molecule has 0 fully saturated rings. The van der Waals surface area contributed by atoms with Crippen molar-refractivity contribution < 1.29 is 15.0 Å². The van der Waals surface area contributed by atoms with Gasteiger partial charge in [-0.2, -0.15) is 0 Å². The summed E-state index contributed by atoms with van der Waals surface area (Å²) in [6.45, 7) is 4.23. The Bertz CT molecular complexity index is 79.4. The van der Waals surface area contributed by atoms with Crippen molar-refractivity contribution in [3.05, 3.63) is 0 Å². The van der Waals surface area contributed by atoms with Crippen molar-refractivity contribution in [2.75, 3.05) is 6.61 Å². The van der Waals surface area contributed by atoms with Crippen molar-refractivity contribution in [2.45, 2.75) is 39.5 Å². The number of unbranched alkanes of at least 4 members (excludes halogenated alkanes) is 1. The number of carbonyl (C=O) groups is 1. The highest BCUT2D eigenvalue weighted by Gasteiger charge is 1.90. The van der Waals surface area contributed by atoms with Crippen LogP contribution < -0.4 is 0 Å². The summed E-state index contributed by atoms with van der Waals surface area (Å²) in [5.41, 5.74) is 0. The van der Waals surface area contributed by atoms with Gasteiger partial charge in [0.15, 0.2) is 0 Å². The smallest absolute Gasteiger partial charge is 0.303 e. The van der Waals surface area contributed by atoms with Gasteiger partial charge in [0, 0.05) is 13.0 Å². The van der Waals surface area contributed by atoms with Crippen molar-refractivity contribution in [2.24, 2.45) is 0 Å². The summed E-state index contributed by atoms with van der Waals surface area (Å²) >= 11 is 0. The molecular formula is C8H18O3. The summed E-state index contributed by atoms with van der Waals surface area (Å²) in [6, 6.07) is 0. The Labute approximate surface area is 68.0 Å². The zero-order valence-corrected chi connectivity index (χ0v) is 7.34. The van der Waals surface area contributed by atoms with E-state index in [-0.39, 0.29) is 0 Å². The lowest BCUT2D eigenvalue weighted by Crippen LogP contribution is -1.91. The molecule has 0 atom stereocenters. The molecule has 68 valence electrons. The number of carboxylic acids is 1. The first-order valence-electron chi connectivity index (χ1n) is 4.01. The third-order valence-corrected chi connectivity index (χ3v) is 0.968. The summed E-state index contributed by atoms with van der Waals surface area (Å²) < 4.78 is 0. The topological polar surface area (TPSA) is 57.5 Å². The molecule has 0 amide bonds. The van der Waals surface area contributed by atoms with E-state index in [1.54, 1.807) is 0 Å². The molecule has 3 heteroatoms. The Hall–Kier alpha value is -0.570. The molecule has 0 aromatic carbocycles. The Morgan fingerprint density at radius 1 is 1.27 bits per heavy atom. The summed E-state index contributed by atoms with van der Waals surface area (Å²) in [5.74, 6) is -0.693. The highest BCUT2D eigenvalue weighted by atomic mass is 16.4. The van der Waals surface area contributed by atoms with Crippen LogP contribution >= 0.6 is 0 Å². The van der Waals surface area contributed by atoms with Gasteiger partial charge in [-0.05, 0) is 12.8 Å². The van der Waals surface area contributed by atoms with Gasteiger partial charge in [-0.1, -0.05) is 20.3 Å². The molecule has 0 heterocycles. The molecule has 0 aromatic heterocycles. The monoisotopic (exact) mass is 162 g/mol. The molecule has 0 radical (unpaired) electrons. The van der Waals surface area contributed by atoms with Crippen LogP contribution in [0.3, 0.4) is 0 Å². The molecular weight excluding hydrogens is 144 g/mol. The van der Waals surface area contributed by atoms with Gasteiger partial charge in [0.05, 0.1) is 0 Å². The Kier molecular flexibility index (Phi) is 14.4. The summed E-state index contributed by atoms with van der Waals surface area (Å²) in [7, 11) is 0. The van der Waals surface area contributed by atoms with E-state index < -0.39 is 5.97 Å². The molecule has 11 heavy (non-hydrogen) atoms. The average Bonchev–Trinajstić information content (AvgIpc) is 2.01. The first-order chi connectivity index (χ1) is 5.18. The Morgan fingerprint density at radius 2 is 1.73 bits per heavy atom. The maximum atomic E-state index is 9.76. The average molecular weight is 162 g/mol. The standard InChI is InChI=1S/C5H10O2.C3H8O/c1-2-3-4-5(6)7;1-2-3-4/h2-4H2,1H3,(H,6,7);4H,2-3H2,1H3. The van der Waals surface area contributed by atoms with Crippen molar-refractivity contribution in [1.82, 2.24) is 0 Å². The lowest BCUT2D eigenvalue weighted by Gasteiger charge is -1.85. The number of aliphatic hydroxyl groups excluding tert-OH is 1. The van der Waals surface area contributed by atoms with E-state index in [9.17, 15) is 4.79 Å². The quantitative estimate of drug-likeness (QED) is 0.660. The first-order valence-corrected chi connectivity index (χ1v) is 4.01. The minimum absolute atomic E-state index is 0.316. The summed E-state index contributed by atoms with van der Waals surface area (Å²) in [6.07, 6.45) is 2.96. The molecule has 0 rings (SSSR count). The minimum atomic E-state index is -0.693. The number of aliphatic carboxylic acids is 1. The number of aliphatic hydroxyl groups is 1. The van der Waals surface area contributed by atoms with Crippen molar-refractivity contribution in [3.8, 4) is 0 Å². The predicted molar refractivity (Wildman–Crippen MR) is 44.5 cm³/mol. The minimum Gasteiger partial charge on any atom is -0.481 e. The van der Waals surface area contributed by atoms with E-state index in [0.29, 0.717) is 13.0 Å². The highest BCUT2D eigenvalue weighted by Crippen LogP contribution is 1.91. The van der Waals surface area contributed by atoms with E-state index in [1.165, 1.54) is 0 Å². The number of rotatable bonds is 4. The second kappa shape index (κ2) is 12.1. The molecule has 0 aliphatic carbocycles. The van der Waals surface area contributed by atoms with Crippen LogP contribution in [0.1, 0.15) is 39.5 Å². The Morgan fingerprint density at radius 3 is 1.82 bits per heavy atom. The zero-order valence-electron chi connectivity index (χ0n) is 7.34. The second-order valence-electron chi connectivity index (χ2n) is 2.22. The van der Waals surface area contributed by atoms with Crippen molar-refractivity contribution >= 4 is 5.97 Å². The highest BCUT2D eigenvalue weighted by molar-refractivity contribution is 5.66. The molecule has 0 unspecified atom stereocenters. The second-order valence-corrected chi connectivity index (χ2v) is 2.22. The summed E-state index contributed by atoms with van der Waals surface area (Å²) in [5, 5.41) is 15.9. The van der Waals surface area contributed by atoms with Crippen LogP contribution in [0.15, 0.2) is 0 Å². The van der Waals surface area contributed by atoms with E-state index in [2.05, 4.69) is 0 Å². The molecule has 0 bridgehead atoms. The van der Waals surface area contributed by atoms with E-state index in [4.69, 9.17) is 10.2 Å². The molecule has 0 aliphatic heterocycles. The van der Waals surface area contributed by atoms with Gasteiger partial charge < -0.3 is 10.2 Å². The van der Waals surface area contributed by atoms with Crippen molar-refractivity contribution in [1.29, 1.82) is 0 Å². The SMILES string of the molecule is CCCCC(=O)O.CCCO. The molecule has 2 N–H and O–H groups in total. The zero-order chi connectivity index (χ0) is 9.11. The summed E-state index contributed by atoms with van der Waals surface area (Å²) in [4.78, 5) is 9.76. The molecule has 0 spiro atoms. The maximum absolute atomic E-state index is 9.76. The van der Waals surface area contributed by atoms with Crippen LogP contribution in [-0.2, 0) is 4.79 Å². The van der Waals surface area contributed by atoms with E-state index in [0.717, 1.165) is 19.3 Å². The van der Waals surface area contributed by atoms with Crippen LogP contribution in [0.5, 0.6) is 0 Å². The number of hydrogen-bond donors (Lipinski definition) is 2. The van der Waals surface area contributed by atoms with Gasteiger partial charge in [0.25, 0.3) is 0 Å². The maximum Gasteiger partial charge on any atom is 0.303 e. The van der Waals surface area contributed by atoms with Crippen LogP contribution in [0.2, 0.25) is 0 Å². The lowest BCUT2D eigenvalue weighted by atomic mass is 10.3. The van der Waals surface area contributed by atoms with Gasteiger partial charge in [0.1, 0.15) is 0 Å². The molecule has 3 nitrogen and oxygen atoms in total. The fourth-order valence-electron chi connectivity index (χ4n) is 0.328.